The van der Waals surface area contributed by atoms with E-state index in [4.69, 9.17) is 13.0 Å². The lowest BCUT2D eigenvalue weighted by Gasteiger charge is -2.21. The van der Waals surface area contributed by atoms with Gasteiger partial charge in [0, 0.05) is 16.4 Å². The summed E-state index contributed by atoms with van der Waals surface area (Å²) in [5, 5.41) is 29.7. The van der Waals surface area contributed by atoms with Crippen molar-refractivity contribution in [2.45, 2.75) is 70.4 Å². The van der Waals surface area contributed by atoms with Crippen molar-refractivity contribution in [3.05, 3.63) is 46.2 Å². The first-order chi connectivity index (χ1) is 13.5. The molecule has 3 nitrogen and oxygen atoms in total. The molecule has 154 valence electrons. The molecule has 1 heterocycles. The van der Waals surface area contributed by atoms with Crippen LogP contribution in [0, 0.1) is 24.7 Å². The van der Waals surface area contributed by atoms with Crippen molar-refractivity contribution in [2.75, 3.05) is 6.61 Å². The van der Waals surface area contributed by atoms with Crippen molar-refractivity contribution in [2.24, 2.45) is 17.8 Å². The first-order valence-electron chi connectivity index (χ1n) is 10.6. The molecule has 1 aromatic rings. The van der Waals surface area contributed by atoms with E-state index in [1.807, 2.05) is 6.08 Å². The highest BCUT2D eigenvalue weighted by Crippen LogP contribution is 2.42. The SMILES string of the molecule is [B]C[C@@H]1CC(O)[C@H](CC=CCCCCO)[C@H]1C=C[C@@H](O)CCc1ccc(C)s1. The highest BCUT2D eigenvalue weighted by Gasteiger charge is 2.39. The molecular weight excluding hydrogens is 367 g/mol. The lowest BCUT2D eigenvalue weighted by molar-refractivity contribution is 0.125. The lowest BCUT2D eigenvalue weighted by Crippen LogP contribution is -2.19. The predicted octanol–water partition coefficient (Wildman–Crippen LogP) is 4.22. The Balaban J connectivity index is 1.87. The van der Waals surface area contributed by atoms with Crippen LogP contribution in [0.5, 0.6) is 0 Å². The fourth-order valence-corrected chi connectivity index (χ4v) is 5.03. The number of hydrogen-bond donors (Lipinski definition) is 3. The molecule has 5 heteroatoms. The van der Waals surface area contributed by atoms with Crippen LogP contribution in [0.4, 0.5) is 0 Å². The number of unbranched alkanes of at least 4 members (excludes halogenated alkanes) is 2. The number of aryl methyl sites for hydroxylation is 2. The molecule has 3 N–H and O–H groups in total. The number of thiophene rings is 1. The van der Waals surface area contributed by atoms with Crippen LogP contribution in [0.25, 0.3) is 0 Å². The Labute approximate surface area is 175 Å². The van der Waals surface area contributed by atoms with E-state index in [1.165, 1.54) is 9.75 Å². The predicted molar refractivity (Wildman–Crippen MR) is 119 cm³/mol. The zero-order valence-electron chi connectivity index (χ0n) is 17.0. The highest BCUT2D eigenvalue weighted by molar-refractivity contribution is 7.11. The van der Waals surface area contributed by atoms with Gasteiger partial charge in [0.25, 0.3) is 0 Å². The summed E-state index contributed by atoms with van der Waals surface area (Å²) in [5.41, 5.74) is 0. The zero-order valence-corrected chi connectivity index (χ0v) is 17.9. The Morgan fingerprint density at radius 2 is 2.11 bits per heavy atom. The topological polar surface area (TPSA) is 60.7 Å². The third-order valence-corrected chi connectivity index (χ3v) is 6.83. The van der Waals surface area contributed by atoms with Crippen molar-refractivity contribution in [3.8, 4) is 0 Å². The number of hydrogen-bond acceptors (Lipinski definition) is 4. The van der Waals surface area contributed by atoms with Gasteiger partial charge in [0.2, 0.25) is 0 Å². The van der Waals surface area contributed by atoms with Crippen LogP contribution in [0.2, 0.25) is 6.32 Å². The Morgan fingerprint density at radius 1 is 1.29 bits per heavy atom. The Kier molecular flexibility index (Phi) is 10.6. The van der Waals surface area contributed by atoms with E-state index in [9.17, 15) is 10.2 Å². The van der Waals surface area contributed by atoms with E-state index in [1.54, 1.807) is 11.3 Å². The van der Waals surface area contributed by atoms with E-state index in [0.29, 0.717) is 12.7 Å². The summed E-state index contributed by atoms with van der Waals surface area (Å²) < 4.78 is 0. The average Bonchev–Trinajstić information content (AvgIpc) is 3.23. The smallest absolute Gasteiger partial charge is 0.0724 e. The monoisotopic (exact) mass is 402 g/mol. The molecule has 0 bridgehead atoms. The molecule has 0 aromatic carbocycles. The van der Waals surface area contributed by atoms with Gasteiger partial charge in [0.05, 0.1) is 20.1 Å². The third kappa shape index (κ3) is 7.51. The summed E-state index contributed by atoms with van der Waals surface area (Å²) in [6.07, 6.45) is 14.0. The maximum Gasteiger partial charge on any atom is 0.0724 e. The van der Waals surface area contributed by atoms with Crippen LogP contribution < -0.4 is 0 Å². The first-order valence-corrected chi connectivity index (χ1v) is 11.4. The molecule has 0 saturated heterocycles. The largest absolute Gasteiger partial charge is 0.396 e. The van der Waals surface area contributed by atoms with E-state index in [-0.39, 0.29) is 30.5 Å². The molecule has 1 saturated carbocycles. The van der Waals surface area contributed by atoms with Crippen molar-refractivity contribution in [1.82, 2.24) is 0 Å². The fraction of sp³-hybridized carbons (Fsp3) is 0.652. The standard InChI is InChI=1S/C23H35BO3S/c1-17-8-11-20(28-17)12-9-19(26)10-13-21-18(16-24)15-23(27)22(21)7-5-3-2-4-6-14-25/h3,5,8,10-11,13,18-19,21-23,25-27H,2,4,6-7,9,12,14-16H2,1H3/t18-,19-,21-,22+,23?/m0/s1. The first kappa shape index (κ1) is 23.4. The molecule has 28 heavy (non-hydrogen) atoms. The summed E-state index contributed by atoms with van der Waals surface area (Å²) >= 11 is 1.79. The van der Waals surface area contributed by atoms with Gasteiger partial charge in [-0.2, -0.15) is 0 Å². The van der Waals surface area contributed by atoms with E-state index < -0.39 is 6.10 Å². The maximum absolute atomic E-state index is 10.5. The minimum absolute atomic E-state index is 0.158. The van der Waals surface area contributed by atoms with Gasteiger partial charge in [-0.15, -0.1) is 11.3 Å². The molecule has 0 aliphatic heterocycles. The molecule has 5 atom stereocenters. The highest BCUT2D eigenvalue weighted by atomic mass is 32.1. The van der Waals surface area contributed by atoms with Gasteiger partial charge in [-0.25, -0.2) is 0 Å². The summed E-state index contributed by atoms with van der Waals surface area (Å²) in [7, 11) is 5.95. The number of aliphatic hydroxyl groups excluding tert-OH is 3. The Hall–Kier alpha value is -0.875. The summed E-state index contributed by atoms with van der Waals surface area (Å²) in [5.74, 6) is 0.637. The van der Waals surface area contributed by atoms with Crippen molar-refractivity contribution in [3.63, 3.8) is 0 Å². The molecule has 1 aliphatic carbocycles. The van der Waals surface area contributed by atoms with Crippen molar-refractivity contribution >= 4 is 19.2 Å². The average molecular weight is 402 g/mol. The molecule has 1 aromatic heterocycles. The molecule has 0 spiro atoms. The summed E-state index contributed by atoms with van der Waals surface area (Å²) in [6, 6.07) is 4.26. The Bertz CT molecular complexity index is 613. The number of allylic oxidation sites excluding steroid dienone is 3. The van der Waals surface area contributed by atoms with Gasteiger partial charge in [-0.3, -0.25) is 0 Å². The van der Waals surface area contributed by atoms with Gasteiger partial charge >= 0.3 is 0 Å². The molecule has 0 amide bonds. The zero-order chi connectivity index (χ0) is 20.4. The minimum Gasteiger partial charge on any atom is -0.396 e. The van der Waals surface area contributed by atoms with Gasteiger partial charge < -0.3 is 15.3 Å². The normalized spacial score (nSPS) is 26.6. The van der Waals surface area contributed by atoms with Crippen LogP contribution in [0.15, 0.2) is 36.4 Å². The second-order valence-electron chi connectivity index (χ2n) is 7.97. The quantitative estimate of drug-likeness (QED) is 0.279. The van der Waals surface area contributed by atoms with Crippen LogP contribution in [0.1, 0.15) is 48.3 Å². The van der Waals surface area contributed by atoms with E-state index in [0.717, 1.165) is 38.5 Å². The number of rotatable bonds is 12. The molecular formula is C23H35BO3S. The molecule has 1 fully saturated rings. The van der Waals surface area contributed by atoms with Crippen molar-refractivity contribution in [1.29, 1.82) is 0 Å². The molecule has 2 radical (unpaired) electrons. The second kappa shape index (κ2) is 12.6. The van der Waals surface area contributed by atoms with Gasteiger partial charge in [0.1, 0.15) is 0 Å². The van der Waals surface area contributed by atoms with Gasteiger partial charge in [0.15, 0.2) is 0 Å². The lowest BCUT2D eigenvalue weighted by atomic mass is 9.80. The van der Waals surface area contributed by atoms with Crippen LogP contribution in [-0.4, -0.2) is 42.0 Å². The van der Waals surface area contributed by atoms with Crippen LogP contribution in [-0.2, 0) is 6.42 Å². The maximum atomic E-state index is 10.5. The minimum atomic E-state index is -0.465. The van der Waals surface area contributed by atoms with E-state index >= 15 is 0 Å². The van der Waals surface area contributed by atoms with Gasteiger partial charge in [-0.1, -0.05) is 30.6 Å². The third-order valence-electron chi connectivity index (χ3n) is 5.77. The fourth-order valence-electron chi connectivity index (χ4n) is 4.12. The second-order valence-corrected chi connectivity index (χ2v) is 9.34. The molecule has 1 aliphatic rings. The number of aliphatic hydroxyl groups is 3. The molecule has 2 rings (SSSR count). The van der Waals surface area contributed by atoms with Crippen molar-refractivity contribution < 1.29 is 15.3 Å². The van der Waals surface area contributed by atoms with Crippen LogP contribution >= 0.6 is 11.3 Å². The Morgan fingerprint density at radius 3 is 2.79 bits per heavy atom. The summed E-state index contributed by atoms with van der Waals surface area (Å²) in [4.78, 5) is 2.61. The van der Waals surface area contributed by atoms with E-state index in [2.05, 4.69) is 37.3 Å². The van der Waals surface area contributed by atoms with Crippen LogP contribution in [0.3, 0.4) is 0 Å². The summed E-state index contributed by atoms with van der Waals surface area (Å²) in [6.45, 7) is 2.35. The molecule has 1 unspecified atom stereocenters. The van der Waals surface area contributed by atoms with Gasteiger partial charge in [-0.05, 0) is 81.8 Å².